The van der Waals surface area contributed by atoms with E-state index in [1.54, 1.807) is 12.1 Å². The molecule has 0 atom stereocenters. The fraction of sp³-hybridized carbons (Fsp3) is 0.0909. The average molecular weight is 221 g/mol. The molecule has 5 heteroatoms. The van der Waals surface area contributed by atoms with E-state index >= 15 is 0 Å². The van der Waals surface area contributed by atoms with Gasteiger partial charge in [0.05, 0.1) is 6.20 Å². The molecule has 0 amide bonds. The molecule has 82 valence electrons. The van der Waals surface area contributed by atoms with Gasteiger partial charge in [-0.3, -0.25) is 0 Å². The van der Waals surface area contributed by atoms with E-state index < -0.39 is 5.97 Å². The number of aromatic carboxylic acids is 1. The smallest absolute Gasteiger partial charge is 0.373 e. The quantitative estimate of drug-likeness (QED) is 0.862. The fourth-order valence-electron chi connectivity index (χ4n) is 1.27. The highest BCUT2D eigenvalue weighted by Gasteiger charge is 2.10. The first-order valence-corrected chi connectivity index (χ1v) is 4.57. The van der Waals surface area contributed by atoms with Gasteiger partial charge in [0, 0.05) is 6.42 Å². The summed E-state index contributed by atoms with van der Waals surface area (Å²) in [6.07, 6.45) is 1.49. The third kappa shape index (κ3) is 2.25. The zero-order chi connectivity index (χ0) is 11.5. The van der Waals surface area contributed by atoms with Gasteiger partial charge < -0.3 is 9.52 Å². The van der Waals surface area contributed by atoms with Crippen molar-refractivity contribution in [3.05, 3.63) is 53.5 Å². The van der Waals surface area contributed by atoms with Gasteiger partial charge in [-0.2, -0.15) is 0 Å². The molecule has 0 spiro atoms. The van der Waals surface area contributed by atoms with E-state index in [9.17, 15) is 9.18 Å². The second-order valence-corrected chi connectivity index (χ2v) is 3.23. The number of hydrogen-bond acceptors (Lipinski definition) is 3. The molecule has 2 rings (SSSR count). The SMILES string of the molecule is O=C(O)c1cnc(Cc2ccc(F)cc2)o1. The summed E-state index contributed by atoms with van der Waals surface area (Å²) in [5, 5.41) is 8.62. The van der Waals surface area contributed by atoms with Crippen molar-refractivity contribution in [2.45, 2.75) is 6.42 Å². The van der Waals surface area contributed by atoms with Crippen molar-refractivity contribution in [1.29, 1.82) is 0 Å². The largest absolute Gasteiger partial charge is 0.475 e. The van der Waals surface area contributed by atoms with Crippen LogP contribution in [0.5, 0.6) is 0 Å². The van der Waals surface area contributed by atoms with Crippen LogP contribution in [0.4, 0.5) is 4.39 Å². The lowest BCUT2D eigenvalue weighted by Crippen LogP contribution is -1.92. The minimum atomic E-state index is -1.15. The normalized spacial score (nSPS) is 10.3. The summed E-state index contributed by atoms with van der Waals surface area (Å²) in [5.74, 6) is -1.37. The number of carboxylic acids is 1. The number of nitrogens with zero attached hydrogens (tertiary/aromatic N) is 1. The molecule has 1 N–H and O–H groups in total. The van der Waals surface area contributed by atoms with Gasteiger partial charge in [-0.05, 0) is 17.7 Å². The van der Waals surface area contributed by atoms with E-state index in [0.717, 1.165) is 11.8 Å². The van der Waals surface area contributed by atoms with Gasteiger partial charge in [-0.15, -0.1) is 0 Å². The molecule has 0 saturated heterocycles. The lowest BCUT2D eigenvalue weighted by molar-refractivity contribution is 0.0660. The summed E-state index contributed by atoms with van der Waals surface area (Å²) >= 11 is 0. The summed E-state index contributed by atoms with van der Waals surface area (Å²) in [6, 6.07) is 5.85. The molecule has 4 nitrogen and oxygen atoms in total. The Hall–Kier alpha value is -2.17. The average Bonchev–Trinajstić information content (AvgIpc) is 2.70. The summed E-state index contributed by atoms with van der Waals surface area (Å²) in [4.78, 5) is 14.3. The maximum Gasteiger partial charge on any atom is 0.373 e. The summed E-state index contributed by atoms with van der Waals surface area (Å²) in [5.41, 5.74) is 0.806. The van der Waals surface area contributed by atoms with Crippen molar-refractivity contribution in [2.24, 2.45) is 0 Å². The van der Waals surface area contributed by atoms with Crippen LogP contribution in [-0.4, -0.2) is 16.1 Å². The zero-order valence-electron chi connectivity index (χ0n) is 8.18. The number of halogens is 1. The number of oxazole rings is 1. The van der Waals surface area contributed by atoms with Crippen molar-refractivity contribution in [1.82, 2.24) is 4.98 Å². The Kier molecular flexibility index (Phi) is 2.68. The van der Waals surface area contributed by atoms with Gasteiger partial charge in [-0.1, -0.05) is 12.1 Å². The van der Waals surface area contributed by atoms with E-state index in [2.05, 4.69) is 4.98 Å². The van der Waals surface area contributed by atoms with Crippen LogP contribution in [0.3, 0.4) is 0 Å². The van der Waals surface area contributed by atoms with Gasteiger partial charge in [0.2, 0.25) is 5.76 Å². The third-order valence-corrected chi connectivity index (χ3v) is 2.03. The molecule has 0 bridgehead atoms. The van der Waals surface area contributed by atoms with Crippen molar-refractivity contribution < 1.29 is 18.7 Å². The minimum Gasteiger partial charge on any atom is -0.475 e. The van der Waals surface area contributed by atoms with Crippen LogP contribution >= 0.6 is 0 Å². The summed E-state index contributed by atoms with van der Waals surface area (Å²) in [6.45, 7) is 0. The second-order valence-electron chi connectivity index (χ2n) is 3.23. The van der Waals surface area contributed by atoms with Crippen molar-refractivity contribution in [2.75, 3.05) is 0 Å². The van der Waals surface area contributed by atoms with Gasteiger partial charge in [0.15, 0.2) is 5.89 Å². The van der Waals surface area contributed by atoms with Gasteiger partial charge >= 0.3 is 5.97 Å². The first kappa shape index (κ1) is 10.4. The highest BCUT2D eigenvalue weighted by molar-refractivity contribution is 5.83. The number of hydrogen-bond donors (Lipinski definition) is 1. The van der Waals surface area contributed by atoms with Crippen molar-refractivity contribution in [3.63, 3.8) is 0 Å². The van der Waals surface area contributed by atoms with Crippen LogP contribution in [-0.2, 0) is 6.42 Å². The number of carbonyl (C=O) groups is 1. The van der Waals surface area contributed by atoms with Crippen LogP contribution < -0.4 is 0 Å². The van der Waals surface area contributed by atoms with Crippen molar-refractivity contribution >= 4 is 5.97 Å². The zero-order valence-corrected chi connectivity index (χ0v) is 8.18. The molecule has 0 radical (unpaired) electrons. The lowest BCUT2D eigenvalue weighted by Gasteiger charge is -1.96. The monoisotopic (exact) mass is 221 g/mol. The van der Waals surface area contributed by atoms with Crippen molar-refractivity contribution in [3.8, 4) is 0 Å². The molecule has 0 unspecified atom stereocenters. The molecular weight excluding hydrogens is 213 g/mol. The third-order valence-electron chi connectivity index (χ3n) is 2.03. The predicted octanol–water partition coefficient (Wildman–Crippen LogP) is 2.10. The maximum absolute atomic E-state index is 12.6. The molecule has 0 fully saturated rings. The molecule has 0 saturated carbocycles. The number of carboxylic acid groups (broad SMARTS) is 1. The van der Waals surface area contributed by atoms with E-state index in [4.69, 9.17) is 9.52 Å². The van der Waals surface area contributed by atoms with Crippen LogP contribution in [0.1, 0.15) is 22.0 Å². The van der Waals surface area contributed by atoms with Gasteiger partial charge in [0.25, 0.3) is 0 Å². The Balaban J connectivity index is 2.14. The van der Waals surface area contributed by atoms with Crippen LogP contribution in [0.15, 0.2) is 34.9 Å². The van der Waals surface area contributed by atoms with E-state index in [0.29, 0.717) is 12.3 Å². The number of rotatable bonds is 3. The number of benzene rings is 1. The Labute approximate surface area is 90.4 Å². The first-order valence-electron chi connectivity index (χ1n) is 4.57. The van der Waals surface area contributed by atoms with Crippen LogP contribution in [0.25, 0.3) is 0 Å². The molecule has 1 aromatic heterocycles. The number of aromatic nitrogens is 1. The topological polar surface area (TPSA) is 63.3 Å². The first-order chi connectivity index (χ1) is 7.65. The van der Waals surface area contributed by atoms with E-state index in [-0.39, 0.29) is 11.6 Å². The molecule has 2 aromatic rings. The molecular formula is C11H8FNO3. The van der Waals surface area contributed by atoms with Crippen LogP contribution in [0.2, 0.25) is 0 Å². The second kappa shape index (κ2) is 4.14. The van der Waals surface area contributed by atoms with Gasteiger partial charge in [0.1, 0.15) is 5.82 Å². The molecule has 0 aliphatic carbocycles. The summed E-state index contributed by atoms with van der Waals surface area (Å²) in [7, 11) is 0. The Morgan fingerprint density at radius 2 is 2.06 bits per heavy atom. The van der Waals surface area contributed by atoms with Gasteiger partial charge in [-0.25, -0.2) is 14.2 Å². The summed E-state index contributed by atoms with van der Waals surface area (Å²) < 4.78 is 17.6. The minimum absolute atomic E-state index is 0.197. The van der Waals surface area contributed by atoms with E-state index in [1.165, 1.54) is 12.1 Å². The molecule has 16 heavy (non-hydrogen) atoms. The fourth-order valence-corrected chi connectivity index (χ4v) is 1.27. The highest BCUT2D eigenvalue weighted by atomic mass is 19.1. The lowest BCUT2D eigenvalue weighted by atomic mass is 10.1. The molecule has 0 aliphatic rings. The molecule has 1 heterocycles. The Morgan fingerprint density at radius 3 is 2.62 bits per heavy atom. The van der Waals surface area contributed by atoms with Crippen LogP contribution in [0, 0.1) is 5.82 Å². The molecule has 1 aromatic carbocycles. The standard InChI is InChI=1S/C11H8FNO3/c12-8-3-1-7(2-4-8)5-10-13-6-9(16-10)11(14)15/h1-4,6H,5H2,(H,14,15). The van der Waals surface area contributed by atoms with E-state index in [1.807, 2.05) is 0 Å². The Morgan fingerprint density at radius 1 is 1.38 bits per heavy atom. The Bertz CT molecular complexity index is 504. The highest BCUT2D eigenvalue weighted by Crippen LogP contribution is 2.11. The molecule has 0 aliphatic heterocycles. The maximum atomic E-state index is 12.6. The predicted molar refractivity (Wildman–Crippen MR) is 52.7 cm³/mol.